The molecule has 1 aromatic rings. The van der Waals surface area contributed by atoms with Crippen molar-refractivity contribution < 1.29 is 0 Å². The van der Waals surface area contributed by atoms with Gasteiger partial charge in [-0.1, -0.05) is 0 Å². The number of hydrogen-bond acceptors (Lipinski definition) is 4. The average Bonchev–Trinajstić information content (AvgIpc) is 2.69. The van der Waals surface area contributed by atoms with Gasteiger partial charge in [0.2, 0.25) is 0 Å². The Hall–Kier alpha value is -0.720. The zero-order chi connectivity index (χ0) is 10.2. The maximum Gasteiger partial charge on any atom is 0.166 e. The third kappa shape index (κ3) is 4.50. The highest BCUT2D eigenvalue weighted by molar-refractivity contribution is 7.80. The quantitative estimate of drug-likeness (QED) is 0.503. The lowest BCUT2D eigenvalue weighted by Gasteiger charge is -2.06. The Morgan fingerprint density at radius 1 is 1.57 bits per heavy atom. The molecule has 0 aromatic carbocycles. The minimum absolute atomic E-state index is 0.682. The largest absolute Gasteiger partial charge is 0.366 e. The van der Waals surface area contributed by atoms with Gasteiger partial charge in [-0.05, 0) is 12.2 Å². The summed E-state index contributed by atoms with van der Waals surface area (Å²) in [5.74, 6) is 0. The summed E-state index contributed by atoms with van der Waals surface area (Å²) in [5.41, 5.74) is 0. The second-order valence-corrected chi connectivity index (χ2v) is 4.00. The van der Waals surface area contributed by atoms with Crippen molar-refractivity contribution in [2.24, 2.45) is 0 Å². The summed E-state index contributed by atoms with van der Waals surface area (Å²) >= 11 is 6.58. The Labute approximate surface area is 93.1 Å². The molecule has 0 fully saturated rings. The molecule has 0 aliphatic rings. The zero-order valence-corrected chi connectivity index (χ0v) is 9.67. The van der Waals surface area contributed by atoms with E-state index < -0.39 is 0 Å². The molecule has 0 saturated heterocycles. The van der Waals surface area contributed by atoms with Gasteiger partial charge in [0.25, 0.3) is 0 Å². The first kappa shape index (κ1) is 11.4. The highest BCUT2D eigenvalue weighted by Gasteiger charge is 1.94. The van der Waals surface area contributed by atoms with Crippen LogP contribution in [-0.4, -0.2) is 30.2 Å². The van der Waals surface area contributed by atoms with Crippen LogP contribution < -0.4 is 16.0 Å². The van der Waals surface area contributed by atoms with Crippen LogP contribution >= 0.6 is 23.6 Å². The van der Waals surface area contributed by atoms with Crippen molar-refractivity contribution in [2.75, 3.05) is 20.1 Å². The van der Waals surface area contributed by atoms with Crippen LogP contribution in [0.15, 0.2) is 11.6 Å². The third-order valence-electron chi connectivity index (χ3n) is 1.57. The number of aromatic nitrogens is 1. The van der Waals surface area contributed by atoms with E-state index >= 15 is 0 Å². The van der Waals surface area contributed by atoms with Gasteiger partial charge in [0.1, 0.15) is 5.01 Å². The zero-order valence-electron chi connectivity index (χ0n) is 8.04. The topological polar surface area (TPSA) is 49.0 Å². The highest BCUT2D eigenvalue weighted by Crippen LogP contribution is 2.01. The van der Waals surface area contributed by atoms with Crippen LogP contribution in [0.25, 0.3) is 0 Å². The molecule has 0 aliphatic carbocycles. The number of thiocarbonyl (C=S) groups is 1. The molecule has 0 aliphatic heterocycles. The first-order valence-electron chi connectivity index (χ1n) is 4.37. The van der Waals surface area contributed by atoms with Crippen LogP contribution in [0.5, 0.6) is 0 Å². The van der Waals surface area contributed by atoms with Gasteiger partial charge in [0.05, 0.1) is 0 Å². The van der Waals surface area contributed by atoms with Gasteiger partial charge in [0.15, 0.2) is 5.11 Å². The highest BCUT2D eigenvalue weighted by atomic mass is 32.1. The summed E-state index contributed by atoms with van der Waals surface area (Å²) in [7, 11) is 1.80. The summed E-state index contributed by atoms with van der Waals surface area (Å²) in [6, 6.07) is 0. The summed E-state index contributed by atoms with van der Waals surface area (Å²) in [6.45, 7) is 2.53. The third-order valence-corrected chi connectivity index (χ3v) is 2.70. The summed E-state index contributed by atoms with van der Waals surface area (Å²) in [4.78, 5) is 4.16. The number of thiazole rings is 1. The second-order valence-electron chi connectivity index (χ2n) is 2.61. The minimum Gasteiger partial charge on any atom is -0.366 e. The lowest BCUT2D eigenvalue weighted by molar-refractivity contribution is 0.668. The van der Waals surface area contributed by atoms with E-state index in [1.165, 1.54) is 0 Å². The first-order chi connectivity index (χ1) is 6.83. The van der Waals surface area contributed by atoms with Crippen LogP contribution in [0, 0.1) is 0 Å². The summed E-state index contributed by atoms with van der Waals surface area (Å²) in [6.07, 6.45) is 1.82. The Morgan fingerprint density at radius 3 is 3.07 bits per heavy atom. The molecule has 1 rings (SSSR count). The van der Waals surface area contributed by atoms with E-state index in [1.807, 2.05) is 11.6 Å². The van der Waals surface area contributed by atoms with Crippen molar-refractivity contribution in [3.8, 4) is 0 Å². The molecular weight excluding hydrogens is 216 g/mol. The predicted molar refractivity (Wildman–Crippen MR) is 63.5 cm³/mol. The van der Waals surface area contributed by atoms with E-state index in [0.29, 0.717) is 5.11 Å². The van der Waals surface area contributed by atoms with Gasteiger partial charge in [-0.15, -0.1) is 11.3 Å². The molecule has 14 heavy (non-hydrogen) atoms. The molecule has 0 atom stereocenters. The van der Waals surface area contributed by atoms with Crippen LogP contribution in [0.2, 0.25) is 0 Å². The van der Waals surface area contributed by atoms with Crippen molar-refractivity contribution in [2.45, 2.75) is 6.54 Å². The molecule has 1 aromatic heterocycles. The lowest BCUT2D eigenvalue weighted by atomic mass is 10.5. The van der Waals surface area contributed by atoms with E-state index in [1.54, 1.807) is 18.4 Å². The van der Waals surface area contributed by atoms with Gasteiger partial charge in [-0.25, -0.2) is 4.98 Å². The predicted octanol–water partition coefficient (Wildman–Crippen LogP) is 0.327. The summed E-state index contributed by atoms with van der Waals surface area (Å²) in [5, 5.41) is 12.9. The Kier molecular flexibility index (Phi) is 5.43. The molecule has 6 heteroatoms. The number of nitrogens with zero attached hydrogens (tertiary/aromatic N) is 1. The Morgan fingerprint density at radius 2 is 2.43 bits per heavy atom. The Balaban J connectivity index is 1.97. The van der Waals surface area contributed by atoms with Crippen molar-refractivity contribution >= 4 is 28.7 Å². The number of nitrogens with one attached hydrogen (secondary N) is 3. The fraction of sp³-hybridized carbons (Fsp3) is 0.500. The van der Waals surface area contributed by atoms with Gasteiger partial charge in [0, 0.05) is 38.3 Å². The van der Waals surface area contributed by atoms with E-state index in [2.05, 4.69) is 20.9 Å². The molecule has 0 amide bonds. The minimum atomic E-state index is 0.682. The summed E-state index contributed by atoms with van der Waals surface area (Å²) < 4.78 is 0. The maximum absolute atomic E-state index is 4.92. The molecule has 0 saturated carbocycles. The van der Waals surface area contributed by atoms with E-state index in [-0.39, 0.29) is 0 Å². The molecule has 0 bridgehead atoms. The van der Waals surface area contributed by atoms with Crippen molar-refractivity contribution in [1.29, 1.82) is 0 Å². The lowest BCUT2D eigenvalue weighted by Crippen LogP contribution is -2.36. The van der Waals surface area contributed by atoms with Crippen LogP contribution in [0.4, 0.5) is 0 Å². The maximum atomic E-state index is 4.92. The molecule has 1 heterocycles. The molecule has 4 nitrogen and oxygen atoms in total. The van der Waals surface area contributed by atoms with E-state index in [9.17, 15) is 0 Å². The van der Waals surface area contributed by atoms with E-state index in [4.69, 9.17) is 12.2 Å². The molecule has 0 radical (unpaired) electrons. The van der Waals surface area contributed by atoms with Gasteiger partial charge in [-0.2, -0.15) is 0 Å². The molecule has 0 unspecified atom stereocenters. The standard InChI is InChI=1S/C8H14N4S2/c1-9-8(13)12-3-2-10-6-7-11-4-5-14-7/h4-5,10H,2-3,6H2,1H3,(H2,9,12,13). The van der Waals surface area contributed by atoms with Gasteiger partial charge < -0.3 is 16.0 Å². The first-order valence-corrected chi connectivity index (χ1v) is 5.66. The van der Waals surface area contributed by atoms with Crippen LogP contribution in [0.1, 0.15) is 5.01 Å². The van der Waals surface area contributed by atoms with Gasteiger partial charge >= 0.3 is 0 Å². The van der Waals surface area contributed by atoms with Crippen LogP contribution in [0.3, 0.4) is 0 Å². The molecule has 3 N–H and O–H groups in total. The molecular formula is C8H14N4S2. The van der Waals surface area contributed by atoms with Crippen molar-refractivity contribution in [1.82, 2.24) is 20.9 Å². The monoisotopic (exact) mass is 230 g/mol. The van der Waals surface area contributed by atoms with Crippen molar-refractivity contribution in [3.05, 3.63) is 16.6 Å². The van der Waals surface area contributed by atoms with Crippen LogP contribution in [-0.2, 0) is 6.54 Å². The average molecular weight is 230 g/mol. The number of hydrogen-bond donors (Lipinski definition) is 3. The fourth-order valence-corrected chi connectivity index (χ4v) is 1.58. The van der Waals surface area contributed by atoms with E-state index in [0.717, 1.165) is 24.6 Å². The fourth-order valence-electron chi connectivity index (χ4n) is 0.888. The second kappa shape index (κ2) is 6.69. The molecule has 0 spiro atoms. The molecule has 78 valence electrons. The Bertz CT molecular complexity index is 260. The van der Waals surface area contributed by atoms with Crippen molar-refractivity contribution in [3.63, 3.8) is 0 Å². The normalized spacial score (nSPS) is 9.79. The smallest absolute Gasteiger partial charge is 0.166 e. The van der Waals surface area contributed by atoms with Gasteiger partial charge in [-0.3, -0.25) is 0 Å². The SMILES string of the molecule is CNC(=S)NCCNCc1nccs1. The number of rotatable bonds is 5.